The van der Waals surface area contributed by atoms with Crippen molar-refractivity contribution in [2.45, 2.75) is 19.0 Å². The first-order chi connectivity index (χ1) is 14.5. The number of hydrogen-bond donors (Lipinski definition) is 3. The molecule has 2 rings (SSSR count). The minimum Gasteiger partial charge on any atom is -0.507 e. The summed E-state index contributed by atoms with van der Waals surface area (Å²) in [6.45, 7) is 0. The van der Waals surface area contributed by atoms with Gasteiger partial charge in [-0.2, -0.15) is 18.3 Å². The van der Waals surface area contributed by atoms with E-state index < -0.39 is 28.5 Å². The van der Waals surface area contributed by atoms with Gasteiger partial charge < -0.3 is 10.4 Å². The first kappa shape index (κ1) is 23.6. The van der Waals surface area contributed by atoms with Gasteiger partial charge in [-0.05, 0) is 24.3 Å². The molecule has 2 aromatic carbocycles. The number of phenolic OH excluding ortho intramolecular Hbond substituents is 1. The van der Waals surface area contributed by atoms with Gasteiger partial charge in [0.1, 0.15) is 5.75 Å². The zero-order valence-corrected chi connectivity index (χ0v) is 16.2. The number of nitro groups is 1. The Morgan fingerprint density at radius 1 is 1.16 bits per heavy atom. The second kappa shape index (κ2) is 9.89. The average molecular weight is 459 g/mol. The van der Waals surface area contributed by atoms with E-state index in [9.17, 15) is 38.0 Å². The van der Waals surface area contributed by atoms with Gasteiger partial charge in [0.2, 0.25) is 11.8 Å². The number of hydrazone groups is 1. The molecule has 31 heavy (non-hydrogen) atoms. The van der Waals surface area contributed by atoms with Crippen molar-refractivity contribution in [3.8, 4) is 5.75 Å². The monoisotopic (exact) mass is 458 g/mol. The van der Waals surface area contributed by atoms with Crippen molar-refractivity contribution in [1.29, 1.82) is 0 Å². The average Bonchev–Trinajstić information content (AvgIpc) is 2.68. The number of halogens is 4. The van der Waals surface area contributed by atoms with E-state index in [1.165, 1.54) is 0 Å². The number of non-ortho nitro benzene ring substituents is 1. The molecule has 2 amide bonds. The number of alkyl halides is 3. The Morgan fingerprint density at radius 3 is 2.48 bits per heavy atom. The molecule has 2 aromatic rings. The van der Waals surface area contributed by atoms with Crippen LogP contribution in [0.5, 0.6) is 5.75 Å². The van der Waals surface area contributed by atoms with Crippen molar-refractivity contribution in [2.24, 2.45) is 5.10 Å². The van der Waals surface area contributed by atoms with Crippen LogP contribution in [-0.4, -0.2) is 28.1 Å². The molecule has 0 saturated carbocycles. The summed E-state index contributed by atoms with van der Waals surface area (Å²) in [4.78, 5) is 33.7. The smallest absolute Gasteiger partial charge is 0.416 e. The number of anilines is 1. The van der Waals surface area contributed by atoms with Crippen molar-refractivity contribution < 1.29 is 32.8 Å². The largest absolute Gasteiger partial charge is 0.507 e. The lowest BCUT2D eigenvalue weighted by Gasteiger charge is -2.11. The highest BCUT2D eigenvalue weighted by Gasteiger charge is 2.31. The molecule has 0 aromatic heterocycles. The number of aromatic hydroxyl groups is 1. The minimum absolute atomic E-state index is 0.0218. The Kier molecular flexibility index (Phi) is 7.53. The van der Waals surface area contributed by atoms with E-state index in [0.29, 0.717) is 6.07 Å². The van der Waals surface area contributed by atoms with E-state index in [1.807, 2.05) is 0 Å². The predicted octanol–water partition coefficient (Wildman–Crippen LogP) is 3.84. The van der Waals surface area contributed by atoms with E-state index in [4.69, 9.17) is 11.6 Å². The Balaban J connectivity index is 1.89. The van der Waals surface area contributed by atoms with Crippen LogP contribution in [0.4, 0.5) is 24.5 Å². The number of carbonyl (C=O) groups is 2. The highest BCUT2D eigenvalue weighted by atomic mass is 35.5. The number of carbonyl (C=O) groups excluding carboxylic acids is 2. The second-order valence-electron chi connectivity index (χ2n) is 6.03. The first-order valence-electron chi connectivity index (χ1n) is 8.43. The molecule has 0 radical (unpaired) electrons. The lowest BCUT2D eigenvalue weighted by Crippen LogP contribution is -2.21. The fourth-order valence-electron chi connectivity index (χ4n) is 2.23. The normalized spacial score (nSPS) is 11.4. The Bertz CT molecular complexity index is 1040. The molecule has 3 N–H and O–H groups in total. The summed E-state index contributed by atoms with van der Waals surface area (Å²) >= 11 is 5.78. The third-order valence-electron chi connectivity index (χ3n) is 3.76. The summed E-state index contributed by atoms with van der Waals surface area (Å²) < 4.78 is 38.2. The van der Waals surface area contributed by atoms with Crippen LogP contribution in [0.2, 0.25) is 5.02 Å². The fourth-order valence-corrected chi connectivity index (χ4v) is 2.39. The molecule has 164 valence electrons. The summed E-state index contributed by atoms with van der Waals surface area (Å²) in [5, 5.41) is 26.0. The SMILES string of the molecule is O=C(CCC(=O)Nc1cc(C(F)(F)F)ccc1Cl)N/N=C/c1cc([N+](=O)[O-])ccc1O. The third kappa shape index (κ3) is 6.96. The second-order valence-corrected chi connectivity index (χ2v) is 6.44. The molecule has 0 unspecified atom stereocenters. The number of hydrogen-bond acceptors (Lipinski definition) is 6. The van der Waals surface area contributed by atoms with Crippen LogP contribution in [0.3, 0.4) is 0 Å². The van der Waals surface area contributed by atoms with Crippen LogP contribution < -0.4 is 10.7 Å². The molecule has 0 bridgehead atoms. The molecule has 0 atom stereocenters. The molecule has 0 aliphatic heterocycles. The van der Waals surface area contributed by atoms with Gasteiger partial charge in [0, 0.05) is 30.5 Å². The lowest BCUT2D eigenvalue weighted by atomic mass is 10.2. The van der Waals surface area contributed by atoms with Crippen LogP contribution in [0.1, 0.15) is 24.0 Å². The van der Waals surface area contributed by atoms with E-state index in [1.54, 1.807) is 0 Å². The van der Waals surface area contributed by atoms with Crippen LogP contribution in [0.25, 0.3) is 0 Å². The van der Waals surface area contributed by atoms with Gasteiger partial charge in [-0.1, -0.05) is 11.6 Å². The van der Waals surface area contributed by atoms with Crippen molar-refractivity contribution in [3.63, 3.8) is 0 Å². The topological polar surface area (TPSA) is 134 Å². The van der Waals surface area contributed by atoms with E-state index in [2.05, 4.69) is 15.8 Å². The zero-order valence-electron chi connectivity index (χ0n) is 15.4. The van der Waals surface area contributed by atoms with Gasteiger partial charge >= 0.3 is 6.18 Å². The fraction of sp³-hybridized carbons (Fsp3) is 0.167. The number of phenols is 1. The predicted molar refractivity (Wildman–Crippen MR) is 105 cm³/mol. The number of rotatable bonds is 7. The molecule has 0 spiro atoms. The number of nitrogens with zero attached hydrogens (tertiary/aromatic N) is 2. The Morgan fingerprint density at radius 2 is 1.84 bits per heavy atom. The van der Waals surface area contributed by atoms with E-state index in [0.717, 1.165) is 36.5 Å². The van der Waals surface area contributed by atoms with Gasteiger partial charge in [0.25, 0.3) is 5.69 Å². The summed E-state index contributed by atoms with van der Waals surface area (Å²) in [7, 11) is 0. The number of benzene rings is 2. The van der Waals surface area contributed by atoms with Crippen LogP contribution in [0, 0.1) is 10.1 Å². The van der Waals surface area contributed by atoms with Gasteiger partial charge in [-0.3, -0.25) is 19.7 Å². The quantitative estimate of drug-likeness (QED) is 0.329. The molecule has 0 heterocycles. The van der Waals surface area contributed by atoms with Crippen molar-refractivity contribution in [2.75, 3.05) is 5.32 Å². The maximum absolute atomic E-state index is 12.7. The molecular weight excluding hydrogens is 445 g/mol. The van der Waals surface area contributed by atoms with Gasteiger partial charge in [0.05, 0.1) is 27.4 Å². The van der Waals surface area contributed by atoms with Gasteiger partial charge in [0.15, 0.2) is 0 Å². The van der Waals surface area contributed by atoms with E-state index >= 15 is 0 Å². The molecule has 0 fully saturated rings. The van der Waals surface area contributed by atoms with Gasteiger partial charge in [-0.25, -0.2) is 5.43 Å². The molecule has 0 saturated heterocycles. The van der Waals surface area contributed by atoms with Crippen LogP contribution >= 0.6 is 11.6 Å². The third-order valence-corrected chi connectivity index (χ3v) is 4.09. The zero-order chi connectivity index (χ0) is 23.2. The lowest BCUT2D eigenvalue weighted by molar-refractivity contribution is -0.384. The van der Waals surface area contributed by atoms with Crippen LogP contribution in [-0.2, 0) is 15.8 Å². The van der Waals surface area contributed by atoms with Gasteiger partial charge in [-0.15, -0.1) is 0 Å². The summed E-state index contributed by atoms with van der Waals surface area (Å²) in [5.41, 5.74) is 0.498. The standard InChI is InChI=1S/C18H14ClF3N4O5/c19-13-3-1-11(18(20,21)22)8-14(13)24-16(28)5-6-17(29)25-23-9-10-7-12(26(30)31)2-4-15(10)27/h1-4,7-9,27H,5-6H2,(H,24,28)(H,25,29)/b23-9+. The Labute approximate surface area is 177 Å². The molecule has 9 nitrogen and oxygen atoms in total. The summed E-state index contributed by atoms with van der Waals surface area (Å²) in [5.74, 6) is -1.77. The minimum atomic E-state index is -4.62. The molecule has 0 aliphatic rings. The number of amides is 2. The Hall–Kier alpha value is -3.67. The van der Waals surface area contributed by atoms with Crippen molar-refractivity contribution in [1.82, 2.24) is 5.43 Å². The van der Waals surface area contributed by atoms with Crippen molar-refractivity contribution in [3.05, 3.63) is 62.7 Å². The summed E-state index contributed by atoms with van der Waals surface area (Å²) in [6.07, 6.45) is -4.38. The first-order valence-corrected chi connectivity index (χ1v) is 8.81. The number of nitro benzene ring substituents is 1. The maximum atomic E-state index is 12.7. The molecule has 0 aliphatic carbocycles. The maximum Gasteiger partial charge on any atom is 0.416 e. The van der Waals surface area contributed by atoms with Crippen LogP contribution in [0.15, 0.2) is 41.5 Å². The molecular formula is C18H14ClF3N4O5. The number of nitrogens with one attached hydrogen (secondary N) is 2. The van der Waals surface area contributed by atoms with E-state index in [-0.39, 0.29) is 40.6 Å². The highest BCUT2D eigenvalue weighted by Crippen LogP contribution is 2.33. The highest BCUT2D eigenvalue weighted by molar-refractivity contribution is 6.33. The molecule has 13 heteroatoms. The summed E-state index contributed by atoms with van der Waals surface area (Å²) in [6, 6.07) is 5.64. The van der Waals surface area contributed by atoms with Crippen molar-refractivity contribution >= 4 is 41.0 Å².